The standard InChI is InChI=1S/C24H35NO6/c1-14-15(13-17(27)25(4)11-12-26)7-8-16-18(14)19(28)20(29)21-23(16,2)9-6-10-24(21,3)22(30)31-5/h13-14,16,21,26,28H,6-12H2,1-5H3. The lowest BCUT2D eigenvalue weighted by atomic mass is 9.45. The minimum atomic E-state index is -0.958. The van der Waals surface area contributed by atoms with E-state index in [1.807, 2.05) is 6.92 Å². The fraction of sp³-hybridized carbons (Fsp3) is 0.708. The van der Waals surface area contributed by atoms with Gasteiger partial charge in [-0.25, -0.2) is 0 Å². The molecule has 0 saturated heterocycles. The summed E-state index contributed by atoms with van der Waals surface area (Å²) >= 11 is 0. The molecule has 2 fully saturated rings. The van der Waals surface area contributed by atoms with E-state index < -0.39 is 22.7 Å². The fourth-order valence-corrected chi connectivity index (χ4v) is 6.51. The summed E-state index contributed by atoms with van der Waals surface area (Å²) in [6.45, 7) is 5.95. The first-order valence-corrected chi connectivity index (χ1v) is 11.1. The third-order valence-electron chi connectivity index (χ3n) is 8.17. The Morgan fingerprint density at radius 3 is 2.58 bits per heavy atom. The summed E-state index contributed by atoms with van der Waals surface area (Å²) in [5.41, 5.74) is 0.180. The Hall–Kier alpha value is -2.15. The number of hydrogen-bond donors (Lipinski definition) is 2. The molecule has 172 valence electrons. The van der Waals surface area contributed by atoms with E-state index in [4.69, 9.17) is 9.84 Å². The first-order chi connectivity index (χ1) is 14.5. The maximum Gasteiger partial charge on any atom is 0.312 e. The summed E-state index contributed by atoms with van der Waals surface area (Å²) in [5, 5.41) is 20.1. The number of carbonyl (C=O) groups excluding carboxylic acids is 3. The molecule has 3 aliphatic rings. The molecule has 7 nitrogen and oxygen atoms in total. The van der Waals surface area contributed by atoms with Crippen LogP contribution in [0, 0.1) is 28.6 Å². The molecule has 2 N–H and O–H groups in total. The molecule has 0 spiro atoms. The molecule has 5 unspecified atom stereocenters. The van der Waals surface area contributed by atoms with E-state index in [0.717, 1.165) is 18.4 Å². The summed E-state index contributed by atoms with van der Waals surface area (Å²) in [6, 6.07) is 0. The van der Waals surface area contributed by atoms with Crippen molar-refractivity contribution in [1.29, 1.82) is 0 Å². The summed E-state index contributed by atoms with van der Waals surface area (Å²) in [7, 11) is 2.98. The summed E-state index contributed by atoms with van der Waals surface area (Å²) < 4.78 is 5.07. The first kappa shape index (κ1) is 23.5. The number of aliphatic hydroxyl groups excluding tert-OH is 2. The molecule has 0 aliphatic heterocycles. The second-order valence-corrected chi connectivity index (χ2v) is 9.89. The van der Waals surface area contributed by atoms with E-state index in [0.29, 0.717) is 24.8 Å². The summed E-state index contributed by atoms with van der Waals surface area (Å²) in [5.74, 6) is -2.09. The van der Waals surface area contributed by atoms with Gasteiger partial charge in [-0.3, -0.25) is 14.4 Å². The van der Waals surface area contributed by atoms with Crippen LogP contribution in [0.15, 0.2) is 23.0 Å². The van der Waals surface area contributed by atoms with Gasteiger partial charge in [0.05, 0.1) is 19.1 Å². The Labute approximate surface area is 184 Å². The van der Waals surface area contributed by atoms with Crippen LogP contribution in [0.3, 0.4) is 0 Å². The van der Waals surface area contributed by atoms with E-state index in [2.05, 4.69) is 6.92 Å². The van der Waals surface area contributed by atoms with Gasteiger partial charge in [-0.2, -0.15) is 0 Å². The zero-order chi connectivity index (χ0) is 23.1. The smallest absolute Gasteiger partial charge is 0.312 e. The SMILES string of the molecule is COC(=O)C1(C)CCCC2(C)C3CCC(=CC(=O)N(C)CCO)C(C)C3=C(O)C(=O)C12. The average molecular weight is 434 g/mol. The van der Waals surface area contributed by atoms with Crippen molar-refractivity contribution >= 4 is 17.7 Å². The number of methoxy groups -OCH3 is 1. The van der Waals surface area contributed by atoms with Crippen molar-refractivity contribution in [3.8, 4) is 0 Å². The van der Waals surface area contributed by atoms with E-state index in [1.165, 1.54) is 12.0 Å². The van der Waals surface area contributed by atoms with Crippen molar-refractivity contribution in [1.82, 2.24) is 4.90 Å². The van der Waals surface area contributed by atoms with Crippen molar-refractivity contribution in [2.75, 3.05) is 27.3 Å². The zero-order valence-electron chi connectivity index (χ0n) is 19.2. The lowest BCUT2D eigenvalue weighted by molar-refractivity contribution is -0.172. The predicted molar refractivity (Wildman–Crippen MR) is 115 cm³/mol. The molecule has 3 rings (SSSR count). The van der Waals surface area contributed by atoms with Gasteiger partial charge in [-0.05, 0) is 49.5 Å². The molecule has 2 saturated carbocycles. The number of rotatable bonds is 4. The number of Topliss-reactive ketones (excluding diaryl/α,β-unsaturated/α-hetero) is 1. The number of likely N-dealkylation sites (N-methyl/N-ethyl adjacent to an activating group) is 1. The van der Waals surface area contributed by atoms with Gasteiger partial charge in [-0.1, -0.05) is 25.8 Å². The Kier molecular flexibility index (Phi) is 6.38. The fourth-order valence-electron chi connectivity index (χ4n) is 6.51. The first-order valence-electron chi connectivity index (χ1n) is 11.1. The van der Waals surface area contributed by atoms with Gasteiger partial charge < -0.3 is 19.8 Å². The molecule has 0 aromatic heterocycles. The van der Waals surface area contributed by atoms with Crippen LogP contribution in [-0.4, -0.2) is 60.1 Å². The van der Waals surface area contributed by atoms with E-state index in [-0.39, 0.29) is 42.4 Å². The van der Waals surface area contributed by atoms with E-state index >= 15 is 0 Å². The number of ether oxygens (including phenoxy) is 1. The van der Waals surface area contributed by atoms with Crippen LogP contribution in [0.4, 0.5) is 0 Å². The van der Waals surface area contributed by atoms with Crippen molar-refractivity contribution in [3.63, 3.8) is 0 Å². The number of allylic oxidation sites excluding steroid dienone is 3. The summed E-state index contributed by atoms with van der Waals surface area (Å²) in [6.07, 6.45) is 5.17. The number of ketones is 1. The molecule has 0 aromatic carbocycles. The molecule has 0 radical (unpaired) electrons. The van der Waals surface area contributed by atoms with Gasteiger partial charge in [0.25, 0.3) is 0 Å². The van der Waals surface area contributed by atoms with Crippen molar-refractivity contribution < 1.29 is 29.3 Å². The second-order valence-electron chi connectivity index (χ2n) is 9.89. The lowest BCUT2D eigenvalue weighted by Gasteiger charge is -2.57. The van der Waals surface area contributed by atoms with Gasteiger partial charge in [0.2, 0.25) is 11.7 Å². The molecule has 1 amide bonds. The van der Waals surface area contributed by atoms with E-state index in [9.17, 15) is 19.5 Å². The molecule has 5 atom stereocenters. The highest BCUT2D eigenvalue weighted by Crippen LogP contribution is 2.63. The van der Waals surface area contributed by atoms with Gasteiger partial charge >= 0.3 is 5.97 Å². The number of amides is 1. The average Bonchev–Trinajstić information content (AvgIpc) is 2.72. The van der Waals surface area contributed by atoms with Crippen LogP contribution in [0.25, 0.3) is 0 Å². The Balaban J connectivity index is 2.03. The largest absolute Gasteiger partial charge is 0.504 e. The Bertz CT molecular complexity index is 845. The van der Waals surface area contributed by atoms with Gasteiger partial charge in [0.1, 0.15) is 0 Å². The number of carbonyl (C=O) groups is 3. The van der Waals surface area contributed by atoms with Gasteiger partial charge in [0, 0.05) is 31.5 Å². The second kappa shape index (κ2) is 8.41. The molecule has 7 heteroatoms. The van der Waals surface area contributed by atoms with Crippen LogP contribution in [0.1, 0.15) is 52.9 Å². The van der Waals surface area contributed by atoms with Gasteiger partial charge in [-0.15, -0.1) is 0 Å². The van der Waals surface area contributed by atoms with E-state index in [1.54, 1.807) is 20.0 Å². The highest BCUT2D eigenvalue weighted by Gasteiger charge is 2.63. The third-order valence-corrected chi connectivity index (χ3v) is 8.17. The number of nitrogens with zero attached hydrogens (tertiary/aromatic N) is 1. The maximum absolute atomic E-state index is 13.5. The monoisotopic (exact) mass is 433 g/mol. The molecule has 0 bridgehead atoms. The molecular weight excluding hydrogens is 398 g/mol. The topological polar surface area (TPSA) is 104 Å². The van der Waals surface area contributed by atoms with Crippen LogP contribution in [0.2, 0.25) is 0 Å². The molecule has 3 aliphatic carbocycles. The molecule has 0 heterocycles. The lowest BCUT2D eigenvalue weighted by Crippen LogP contribution is -2.58. The van der Waals surface area contributed by atoms with Crippen LogP contribution in [-0.2, 0) is 19.1 Å². The minimum absolute atomic E-state index is 0.0306. The number of aliphatic hydroxyl groups is 2. The minimum Gasteiger partial charge on any atom is -0.504 e. The van der Waals surface area contributed by atoms with Crippen molar-refractivity contribution in [3.05, 3.63) is 23.0 Å². The van der Waals surface area contributed by atoms with Crippen molar-refractivity contribution in [2.24, 2.45) is 28.6 Å². The van der Waals surface area contributed by atoms with Crippen LogP contribution < -0.4 is 0 Å². The zero-order valence-corrected chi connectivity index (χ0v) is 19.2. The normalized spacial score (nSPS) is 36.6. The number of esters is 1. The predicted octanol–water partition coefficient (Wildman–Crippen LogP) is 2.79. The Morgan fingerprint density at radius 1 is 1.29 bits per heavy atom. The molecular formula is C24H35NO6. The third kappa shape index (κ3) is 3.60. The maximum atomic E-state index is 13.5. The van der Waals surface area contributed by atoms with Crippen LogP contribution in [0.5, 0.6) is 0 Å². The summed E-state index contributed by atoms with van der Waals surface area (Å²) in [4.78, 5) is 40.1. The van der Waals surface area contributed by atoms with Gasteiger partial charge in [0.15, 0.2) is 5.76 Å². The number of hydrogen-bond acceptors (Lipinski definition) is 6. The molecule has 31 heavy (non-hydrogen) atoms. The van der Waals surface area contributed by atoms with Crippen LogP contribution >= 0.6 is 0 Å². The Morgan fingerprint density at radius 2 is 1.97 bits per heavy atom. The molecule has 0 aromatic rings. The quantitative estimate of drug-likeness (QED) is 0.522. The number of fused-ring (bicyclic) bond motifs is 3. The van der Waals surface area contributed by atoms with Crippen molar-refractivity contribution in [2.45, 2.75) is 52.9 Å². The highest BCUT2D eigenvalue weighted by atomic mass is 16.5. The highest BCUT2D eigenvalue weighted by molar-refractivity contribution is 6.01.